The maximum absolute atomic E-state index is 13.1. The molecule has 0 spiro atoms. The highest BCUT2D eigenvalue weighted by Crippen LogP contribution is 2.41. The van der Waals surface area contributed by atoms with Gasteiger partial charge >= 0.3 is 0 Å². The topological polar surface area (TPSA) is 67.9 Å². The highest BCUT2D eigenvalue weighted by molar-refractivity contribution is 8.04. The lowest BCUT2D eigenvalue weighted by molar-refractivity contribution is -0.127. The summed E-state index contributed by atoms with van der Waals surface area (Å²) >= 11 is 7.43. The second kappa shape index (κ2) is 9.93. The van der Waals surface area contributed by atoms with Crippen LogP contribution in [0.1, 0.15) is 5.56 Å². The Labute approximate surface area is 178 Å². The molecule has 6 nitrogen and oxygen atoms in total. The molecule has 0 atom stereocenters. The molecule has 8 heteroatoms. The average Bonchev–Trinajstić information content (AvgIpc) is 2.72. The van der Waals surface area contributed by atoms with Gasteiger partial charge in [-0.1, -0.05) is 47.6 Å². The van der Waals surface area contributed by atoms with Crippen LogP contribution < -0.4 is 10.2 Å². The lowest BCUT2D eigenvalue weighted by atomic mass is 10.2. The molecule has 0 fully saturated rings. The molecule has 0 saturated heterocycles. The Morgan fingerprint density at radius 1 is 1.21 bits per heavy atom. The minimum atomic E-state index is -0.544. The van der Waals surface area contributed by atoms with Crippen LogP contribution in [0, 0.1) is 0 Å². The van der Waals surface area contributed by atoms with E-state index >= 15 is 0 Å². The number of rotatable bonds is 7. The summed E-state index contributed by atoms with van der Waals surface area (Å²) in [6, 6.07) is 14.8. The van der Waals surface area contributed by atoms with E-state index in [1.165, 1.54) is 30.9 Å². The predicted octanol–water partition coefficient (Wildman–Crippen LogP) is 3.55. The summed E-state index contributed by atoms with van der Waals surface area (Å²) in [5, 5.41) is 3.32. The maximum Gasteiger partial charge on any atom is 0.265 e. The van der Waals surface area contributed by atoms with Crippen molar-refractivity contribution < 1.29 is 19.1 Å². The summed E-state index contributed by atoms with van der Waals surface area (Å²) in [7, 11) is 2.99. The Kier molecular flexibility index (Phi) is 7.33. The fourth-order valence-corrected chi connectivity index (χ4v) is 4.08. The van der Waals surface area contributed by atoms with E-state index in [9.17, 15) is 9.59 Å². The molecule has 152 valence electrons. The van der Waals surface area contributed by atoms with Crippen molar-refractivity contribution in [3.63, 3.8) is 0 Å². The number of nitrogens with one attached hydrogen (secondary N) is 1. The van der Waals surface area contributed by atoms with Gasteiger partial charge in [-0.25, -0.2) is 0 Å². The van der Waals surface area contributed by atoms with E-state index in [4.69, 9.17) is 21.1 Å². The Hall–Kier alpha value is -2.32. The number of para-hydroxylation sites is 1. The average molecular weight is 433 g/mol. The largest absolute Gasteiger partial charge is 0.354 e. The van der Waals surface area contributed by atoms with Crippen molar-refractivity contribution in [3.8, 4) is 0 Å². The smallest absolute Gasteiger partial charge is 0.265 e. The fraction of sp³-hybridized carbons (Fsp3) is 0.238. The van der Waals surface area contributed by atoms with E-state index in [1.807, 2.05) is 36.4 Å². The summed E-state index contributed by atoms with van der Waals surface area (Å²) in [6.45, 7) is 0.0823. The first kappa shape index (κ1) is 21.4. The molecule has 0 unspecified atom stereocenters. The van der Waals surface area contributed by atoms with Gasteiger partial charge in [0.2, 0.25) is 5.91 Å². The SMILES string of the molecule is COC(CNC(=O)CN1C(=O)C(=Cc2cccc(Cl)c2)Sc2ccccc21)OC. The number of amides is 2. The quantitative estimate of drug-likeness (QED) is 0.535. The van der Waals surface area contributed by atoms with Crippen molar-refractivity contribution >= 4 is 46.9 Å². The molecular formula is C21H21ClN2O4S. The number of carbonyl (C=O) groups is 2. The maximum atomic E-state index is 13.1. The van der Waals surface area contributed by atoms with E-state index in [1.54, 1.807) is 18.2 Å². The van der Waals surface area contributed by atoms with Crippen molar-refractivity contribution in [2.45, 2.75) is 11.2 Å². The van der Waals surface area contributed by atoms with Crippen LogP contribution >= 0.6 is 23.4 Å². The van der Waals surface area contributed by atoms with Crippen LogP contribution in [0.15, 0.2) is 58.3 Å². The Bertz CT molecular complexity index is 930. The lowest BCUT2D eigenvalue weighted by Gasteiger charge is -2.30. The third kappa shape index (κ3) is 5.39. The molecule has 0 bridgehead atoms. The van der Waals surface area contributed by atoms with Gasteiger partial charge in [0, 0.05) is 24.1 Å². The van der Waals surface area contributed by atoms with Crippen molar-refractivity contribution in [3.05, 3.63) is 64.0 Å². The number of carbonyl (C=O) groups excluding carboxylic acids is 2. The highest BCUT2D eigenvalue weighted by atomic mass is 35.5. The minimum absolute atomic E-state index is 0.108. The van der Waals surface area contributed by atoms with Crippen LogP contribution in [-0.2, 0) is 19.1 Å². The molecule has 1 aliphatic rings. The Morgan fingerprint density at radius 2 is 1.97 bits per heavy atom. The van der Waals surface area contributed by atoms with Gasteiger partial charge in [-0.2, -0.15) is 0 Å². The molecule has 0 radical (unpaired) electrons. The third-order valence-corrected chi connectivity index (χ3v) is 5.58. The van der Waals surface area contributed by atoms with Crippen LogP contribution in [-0.4, -0.2) is 45.4 Å². The predicted molar refractivity (Wildman–Crippen MR) is 115 cm³/mol. The monoisotopic (exact) mass is 432 g/mol. The standard InChI is InChI=1S/C21H21ClN2O4S/c1-27-20(28-2)12-23-19(25)13-24-16-8-3-4-9-17(16)29-18(21(24)26)11-14-6-5-7-15(22)10-14/h3-11,20H,12-13H2,1-2H3,(H,23,25). The highest BCUT2D eigenvalue weighted by Gasteiger charge is 2.30. The number of hydrogen-bond acceptors (Lipinski definition) is 5. The van der Waals surface area contributed by atoms with Gasteiger partial charge in [-0.05, 0) is 35.9 Å². The van der Waals surface area contributed by atoms with E-state index < -0.39 is 6.29 Å². The number of methoxy groups -OCH3 is 2. The zero-order chi connectivity index (χ0) is 20.8. The number of nitrogens with zero attached hydrogens (tertiary/aromatic N) is 1. The molecule has 0 aliphatic carbocycles. The first-order chi connectivity index (χ1) is 14.0. The molecule has 1 N–H and O–H groups in total. The minimum Gasteiger partial charge on any atom is -0.354 e. The van der Waals surface area contributed by atoms with Crippen molar-refractivity contribution in [1.29, 1.82) is 0 Å². The summed E-state index contributed by atoms with van der Waals surface area (Å²) in [5.74, 6) is -0.542. The lowest BCUT2D eigenvalue weighted by Crippen LogP contribution is -2.44. The number of fused-ring (bicyclic) bond motifs is 1. The van der Waals surface area contributed by atoms with Gasteiger partial charge in [0.25, 0.3) is 5.91 Å². The molecule has 2 aromatic rings. The van der Waals surface area contributed by atoms with Crippen molar-refractivity contribution in [2.24, 2.45) is 0 Å². The van der Waals surface area contributed by atoms with E-state index in [0.29, 0.717) is 15.6 Å². The van der Waals surface area contributed by atoms with Crippen molar-refractivity contribution in [2.75, 3.05) is 32.2 Å². The van der Waals surface area contributed by atoms with Gasteiger partial charge in [-0.3, -0.25) is 14.5 Å². The normalized spacial score (nSPS) is 15.0. The summed E-state index contributed by atoms with van der Waals surface area (Å²) in [4.78, 5) is 28.5. The van der Waals surface area contributed by atoms with Gasteiger partial charge < -0.3 is 14.8 Å². The Morgan fingerprint density at radius 3 is 2.69 bits per heavy atom. The number of anilines is 1. The van der Waals surface area contributed by atoms with E-state index in [0.717, 1.165) is 10.5 Å². The van der Waals surface area contributed by atoms with Crippen LogP contribution in [0.2, 0.25) is 5.02 Å². The molecule has 2 aromatic carbocycles. The molecule has 3 rings (SSSR count). The van der Waals surface area contributed by atoms with Crippen LogP contribution in [0.4, 0.5) is 5.69 Å². The number of thioether (sulfide) groups is 1. The first-order valence-corrected chi connectivity index (χ1v) is 10.1. The summed E-state index contributed by atoms with van der Waals surface area (Å²) in [5.41, 5.74) is 1.52. The van der Waals surface area contributed by atoms with Crippen LogP contribution in [0.3, 0.4) is 0 Å². The molecule has 1 heterocycles. The van der Waals surface area contributed by atoms with Gasteiger partial charge in [-0.15, -0.1) is 0 Å². The van der Waals surface area contributed by atoms with Crippen LogP contribution in [0.25, 0.3) is 6.08 Å². The van der Waals surface area contributed by atoms with Gasteiger partial charge in [0.15, 0.2) is 6.29 Å². The fourth-order valence-electron chi connectivity index (χ4n) is 2.83. The van der Waals surface area contributed by atoms with Crippen molar-refractivity contribution in [1.82, 2.24) is 5.32 Å². The third-order valence-electron chi connectivity index (χ3n) is 4.27. The molecule has 2 amide bonds. The van der Waals surface area contributed by atoms with Gasteiger partial charge in [0.05, 0.1) is 17.1 Å². The number of halogens is 1. The van der Waals surface area contributed by atoms with E-state index in [-0.39, 0.29) is 24.9 Å². The second-order valence-corrected chi connectivity index (χ2v) is 7.75. The number of benzene rings is 2. The molecule has 0 aromatic heterocycles. The zero-order valence-electron chi connectivity index (χ0n) is 16.1. The van der Waals surface area contributed by atoms with Crippen LogP contribution in [0.5, 0.6) is 0 Å². The first-order valence-electron chi connectivity index (χ1n) is 8.90. The number of ether oxygens (including phenoxy) is 2. The molecule has 29 heavy (non-hydrogen) atoms. The second-order valence-electron chi connectivity index (χ2n) is 6.23. The Balaban J connectivity index is 1.83. The van der Waals surface area contributed by atoms with E-state index in [2.05, 4.69) is 5.32 Å². The summed E-state index contributed by atoms with van der Waals surface area (Å²) in [6.07, 6.45) is 1.24. The molecular weight excluding hydrogens is 412 g/mol. The zero-order valence-corrected chi connectivity index (χ0v) is 17.6. The summed E-state index contributed by atoms with van der Waals surface area (Å²) < 4.78 is 10.1. The number of hydrogen-bond donors (Lipinski definition) is 1. The van der Waals surface area contributed by atoms with Gasteiger partial charge in [0.1, 0.15) is 6.54 Å². The molecule has 1 aliphatic heterocycles. The molecule has 0 saturated carbocycles.